The molecule has 0 atom stereocenters. The molecule has 3 aromatic rings. The number of nitrogens with zero attached hydrogens (tertiary/aromatic N) is 3. The Hall–Kier alpha value is -3.27. The lowest BCUT2D eigenvalue weighted by Crippen LogP contribution is -2.41. The molecule has 0 saturated carbocycles. The monoisotopic (exact) mass is 488 g/mol. The first-order valence-electron chi connectivity index (χ1n) is 10.7. The number of likely N-dealkylation sites (tertiary alicyclic amines) is 1. The van der Waals surface area contributed by atoms with Crippen molar-refractivity contribution < 1.29 is 22.8 Å². The molecule has 2 heterocycles. The maximum Gasteiger partial charge on any atom is 0.416 e. The van der Waals surface area contributed by atoms with E-state index >= 15 is 0 Å². The second-order valence-corrected chi connectivity index (χ2v) is 9.12. The average Bonchev–Trinajstić information content (AvgIpc) is 3.23. The Kier molecular flexibility index (Phi) is 6.97. The summed E-state index contributed by atoms with van der Waals surface area (Å²) in [6.45, 7) is 0.744. The van der Waals surface area contributed by atoms with Crippen LogP contribution in [0.2, 0.25) is 0 Å². The summed E-state index contributed by atoms with van der Waals surface area (Å²) < 4.78 is 40.1. The van der Waals surface area contributed by atoms with Crippen LogP contribution in [0.5, 0.6) is 0 Å². The summed E-state index contributed by atoms with van der Waals surface area (Å²) in [5.41, 5.74) is 0.111. The highest BCUT2D eigenvalue weighted by atomic mass is 32.2. The van der Waals surface area contributed by atoms with Gasteiger partial charge < -0.3 is 14.8 Å². The molecule has 1 aliphatic rings. The van der Waals surface area contributed by atoms with Gasteiger partial charge in [-0.05, 0) is 61.4 Å². The first kappa shape index (κ1) is 23.9. The Morgan fingerprint density at radius 3 is 2.24 bits per heavy atom. The molecule has 1 saturated heterocycles. The number of rotatable bonds is 5. The Morgan fingerprint density at radius 2 is 1.68 bits per heavy atom. The summed E-state index contributed by atoms with van der Waals surface area (Å²) in [5.74, 6) is -0.669. The number of hydrogen-bond acceptors (Lipinski definition) is 4. The lowest BCUT2D eigenvalue weighted by Gasteiger charge is -2.31. The Balaban J connectivity index is 1.28. The van der Waals surface area contributed by atoms with Crippen LogP contribution in [0, 0.1) is 5.92 Å². The average molecular weight is 489 g/mol. The summed E-state index contributed by atoms with van der Waals surface area (Å²) in [6, 6.07) is 11.7. The minimum atomic E-state index is -4.44. The number of amides is 2. The second-order valence-electron chi connectivity index (χ2n) is 8.08. The molecule has 10 heteroatoms. The van der Waals surface area contributed by atoms with Gasteiger partial charge >= 0.3 is 6.18 Å². The van der Waals surface area contributed by atoms with E-state index < -0.39 is 11.7 Å². The molecule has 178 valence electrons. The van der Waals surface area contributed by atoms with Crippen LogP contribution in [0.15, 0.2) is 71.0 Å². The largest absolute Gasteiger partial charge is 0.416 e. The van der Waals surface area contributed by atoms with Gasteiger partial charge in [0.05, 0.1) is 5.56 Å². The summed E-state index contributed by atoms with van der Waals surface area (Å²) >= 11 is 1.53. The molecule has 1 N–H and O–H groups in total. The SMILES string of the molecule is Cn1ccnc1Sc1ccc(NC(=O)C2CCN(C(=O)c3ccc(C(F)(F)F)cc3)CC2)cc1. The summed E-state index contributed by atoms with van der Waals surface area (Å²) in [4.78, 5) is 32.2. The van der Waals surface area contributed by atoms with Crippen molar-refractivity contribution in [2.24, 2.45) is 13.0 Å². The highest BCUT2D eigenvalue weighted by molar-refractivity contribution is 7.99. The summed E-state index contributed by atoms with van der Waals surface area (Å²) in [6.07, 6.45) is 0.153. The molecule has 0 bridgehead atoms. The molecule has 2 amide bonds. The van der Waals surface area contributed by atoms with Gasteiger partial charge in [0.1, 0.15) is 0 Å². The second kappa shape index (κ2) is 9.92. The first-order chi connectivity index (χ1) is 16.2. The van der Waals surface area contributed by atoms with Gasteiger partial charge in [-0.25, -0.2) is 4.98 Å². The third-order valence-electron chi connectivity index (χ3n) is 5.72. The number of imidazole rings is 1. The lowest BCUT2D eigenvalue weighted by molar-refractivity contribution is -0.137. The molecule has 1 aliphatic heterocycles. The normalized spacial score (nSPS) is 14.8. The number of halogens is 3. The van der Waals surface area contributed by atoms with Crippen molar-refractivity contribution in [2.75, 3.05) is 18.4 Å². The number of carbonyl (C=O) groups excluding carboxylic acids is 2. The number of anilines is 1. The first-order valence-corrected chi connectivity index (χ1v) is 11.5. The Labute approximate surface area is 199 Å². The van der Waals surface area contributed by atoms with Crippen LogP contribution in [0.25, 0.3) is 0 Å². The van der Waals surface area contributed by atoms with Crippen LogP contribution >= 0.6 is 11.8 Å². The molecule has 0 unspecified atom stereocenters. The fourth-order valence-corrected chi connectivity index (χ4v) is 4.54. The number of aromatic nitrogens is 2. The van der Waals surface area contributed by atoms with E-state index in [1.165, 1.54) is 23.9 Å². The van der Waals surface area contributed by atoms with E-state index in [1.807, 2.05) is 42.1 Å². The van der Waals surface area contributed by atoms with Gasteiger partial charge in [-0.3, -0.25) is 9.59 Å². The van der Waals surface area contributed by atoms with E-state index in [4.69, 9.17) is 0 Å². The minimum absolute atomic E-state index is 0.105. The number of nitrogens with one attached hydrogen (secondary N) is 1. The minimum Gasteiger partial charge on any atom is -0.339 e. The molecule has 2 aromatic carbocycles. The van der Waals surface area contributed by atoms with Crippen molar-refractivity contribution in [2.45, 2.75) is 29.1 Å². The number of benzene rings is 2. The van der Waals surface area contributed by atoms with Gasteiger partial charge in [-0.1, -0.05) is 11.8 Å². The smallest absolute Gasteiger partial charge is 0.339 e. The van der Waals surface area contributed by atoms with E-state index in [9.17, 15) is 22.8 Å². The fourth-order valence-electron chi connectivity index (χ4n) is 3.74. The third-order valence-corrected chi connectivity index (χ3v) is 6.80. The zero-order chi connectivity index (χ0) is 24.3. The fraction of sp³-hybridized carbons (Fsp3) is 0.292. The van der Waals surface area contributed by atoms with Crippen molar-refractivity contribution >= 4 is 29.3 Å². The van der Waals surface area contributed by atoms with E-state index in [2.05, 4.69) is 10.3 Å². The van der Waals surface area contributed by atoms with Crippen molar-refractivity contribution in [3.8, 4) is 0 Å². The van der Waals surface area contributed by atoms with Crippen molar-refractivity contribution in [3.63, 3.8) is 0 Å². The van der Waals surface area contributed by atoms with Crippen molar-refractivity contribution in [1.29, 1.82) is 0 Å². The summed E-state index contributed by atoms with van der Waals surface area (Å²) in [5, 5.41) is 3.80. The standard InChI is InChI=1S/C24H23F3N4O2S/c1-30-15-12-28-23(30)34-20-8-6-19(7-9-20)29-21(32)16-10-13-31(14-11-16)22(33)17-2-4-18(5-3-17)24(25,26)27/h2-9,12,15-16H,10-11,13-14H2,1H3,(H,29,32). The maximum absolute atomic E-state index is 12.7. The molecule has 0 aliphatic carbocycles. The third kappa shape index (κ3) is 5.61. The van der Waals surface area contributed by atoms with Gasteiger partial charge in [0, 0.05) is 54.6 Å². The molecule has 34 heavy (non-hydrogen) atoms. The van der Waals surface area contributed by atoms with Crippen LogP contribution < -0.4 is 5.32 Å². The van der Waals surface area contributed by atoms with Crippen LogP contribution in [0.1, 0.15) is 28.8 Å². The van der Waals surface area contributed by atoms with Gasteiger partial charge in [-0.15, -0.1) is 0 Å². The zero-order valence-corrected chi connectivity index (χ0v) is 19.2. The predicted octanol–water partition coefficient (Wildman–Crippen LogP) is 5.08. The highest BCUT2D eigenvalue weighted by Gasteiger charge is 2.31. The van der Waals surface area contributed by atoms with Crippen molar-refractivity contribution in [3.05, 3.63) is 72.1 Å². The van der Waals surface area contributed by atoms with E-state index in [1.54, 1.807) is 11.1 Å². The quantitative estimate of drug-likeness (QED) is 0.544. The molecule has 1 aromatic heterocycles. The predicted molar refractivity (Wildman–Crippen MR) is 122 cm³/mol. The number of aryl methyl sites for hydroxylation is 1. The van der Waals surface area contributed by atoms with Crippen LogP contribution in [0.3, 0.4) is 0 Å². The van der Waals surface area contributed by atoms with Crippen LogP contribution in [-0.2, 0) is 18.0 Å². The molecular weight excluding hydrogens is 465 g/mol. The lowest BCUT2D eigenvalue weighted by atomic mass is 9.95. The maximum atomic E-state index is 12.7. The Morgan fingerprint density at radius 1 is 1.03 bits per heavy atom. The van der Waals surface area contributed by atoms with Crippen molar-refractivity contribution in [1.82, 2.24) is 14.5 Å². The molecule has 1 fully saturated rings. The Bertz CT molecular complexity index is 1150. The van der Waals surface area contributed by atoms with Gasteiger partial charge in [0.2, 0.25) is 5.91 Å². The molecule has 6 nitrogen and oxygen atoms in total. The summed E-state index contributed by atoms with van der Waals surface area (Å²) in [7, 11) is 1.92. The highest BCUT2D eigenvalue weighted by Crippen LogP contribution is 2.30. The molecular formula is C24H23F3N4O2S. The van der Waals surface area contributed by atoms with E-state index in [-0.39, 0.29) is 23.3 Å². The molecule has 0 radical (unpaired) electrons. The van der Waals surface area contributed by atoms with Gasteiger partial charge in [-0.2, -0.15) is 13.2 Å². The van der Waals surface area contributed by atoms with Crippen LogP contribution in [-0.4, -0.2) is 39.4 Å². The van der Waals surface area contributed by atoms with Crippen LogP contribution in [0.4, 0.5) is 18.9 Å². The molecule has 4 rings (SSSR count). The van der Waals surface area contributed by atoms with Gasteiger partial charge in [0.25, 0.3) is 5.91 Å². The molecule has 0 spiro atoms. The number of carbonyl (C=O) groups is 2. The number of hydrogen-bond donors (Lipinski definition) is 1. The van der Waals surface area contributed by atoms with E-state index in [0.29, 0.717) is 31.6 Å². The number of alkyl halides is 3. The topological polar surface area (TPSA) is 67.2 Å². The zero-order valence-electron chi connectivity index (χ0n) is 18.4. The van der Waals surface area contributed by atoms with Gasteiger partial charge in [0.15, 0.2) is 5.16 Å². The van der Waals surface area contributed by atoms with E-state index in [0.717, 1.165) is 22.2 Å². The number of piperidine rings is 1.